The van der Waals surface area contributed by atoms with Gasteiger partial charge in [-0.1, -0.05) is 0 Å². The molecule has 0 aliphatic carbocycles. The van der Waals surface area contributed by atoms with Crippen molar-refractivity contribution in [3.8, 4) is 0 Å². The summed E-state index contributed by atoms with van der Waals surface area (Å²) in [6.45, 7) is 6.68. The lowest BCUT2D eigenvalue weighted by atomic mass is 10.3. The molecule has 0 spiro atoms. The Kier molecular flexibility index (Phi) is 5.40. The maximum Gasteiger partial charge on any atom is 0.320 e. The molecule has 0 aromatic heterocycles. The summed E-state index contributed by atoms with van der Waals surface area (Å²) in [7, 11) is 1.80. The zero-order valence-electron chi connectivity index (χ0n) is 11.4. The Morgan fingerprint density at radius 3 is 2.44 bits per heavy atom. The Morgan fingerprint density at radius 1 is 1.22 bits per heavy atom. The number of carboxylic acids is 1. The first kappa shape index (κ1) is 14.8. The lowest BCUT2D eigenvalue weighted by molar-refractivity contribution is -0.138. The van der Waals surface area contributed by atoms with E-state index in [9.17, 15) is 9.59 Å². The van der Waals surface area contributed by atoms with Crippen LogP contribution in [0.3, 0.4) is 0 Å². The van der Waals surface area contributed by atoms with E-state index in [0.29, 0.717) is 19.6 Å². The van der Waals surface area contributed by atoms with Crippen molar-refractivity contribution in [2.75, 3.05) is 39.8 Å². The maximum atomic E-state index is 12.1. The molecule has 0 bridgehead atoms. The van der Waals surface area contributed by atoms with Gasteiger partial charge >= 0.3 is 12.0 Å². The highest BCUT2D eigenvalue weighted by Gasteiger charge is 2.23. The van der Waals surface area contributed by atoms with Crippen molar-refractivity contribution in [3.63, 3.8) is 0 Å². The summed E-state index contributed by atoms with van der Waals surface area (Å²) in [4.78, 5) is 28.2. The predicted octanol–water partition coefficient (Wildman–Crippen LogP) is 0.539. The Bertz CT molecular complexity index is 307. The summed E-state index contributed by atoms with van der Waals surface area (Å²) < 4.78 is 0. The minimum atomic E-state index is -0.811. The highest BCUT2D eigenvalue weighted by Crippen LogP contribution is 2.07. The van der Waals surface area contributed by atoms with Crippen molar-refractivity contribution in [3.05, 3.63) is 0 Å². The van der Waals surface area contributed by atoms with Crippen molar-refractivity contribution in [1.82, 2.24) is 14.7 Å². The first-order valence-electron chi connectivity index (χ1n) is 6.37. The maximum absolute atomic E-state index is 12.1. The van der Waals surface area contributed by atoms with E-state index in [1.165, 1.54) is 0 Å². The zero-order chi connectivity index (χ0) is 13.7. The summed E-state index contributed by atoms with van der Waals surface area (Å²) in [6.07, 6.45) is 0.824. The number of carbonyl (C=O) groups excluding carboxylic acids is 1. The SMILES string of the molecule is CC(C)N(C)C(=O)N1CCCN(CC(=O)O)CC1. The normalized spacial score (nSPS) is 17.7. The van der Waals surface area contributed by atoms with Crippen LogP contribution in [0.5, 0.6) is 0 Å². The molecule has 0 aromatic carbocycles. The molecule has 1 fully saturated rings. The van der Waals surface area contributed by atoms with E-state index in [1.54, 1.807) is 11.9 Å². The van der Waals surface area contributed by atoms with E-state index in [1.807, 2.05) is 23.6 Å². The molecule has 1 heterocycles. The molecular weight excluding hydrogens is 234 g/mol. The monoisotopic (exact) mass is 257 g/mol. The molecule has 1 N–H and O–H groups in total. The van der Waals surface area contributed by atoms with E-state index < -0.39 is 5.97 Å². The van der Waals surface area contributed by atoms with Crippen LogP contribution in [0.4, 0.5) is 4.79 Å². The smallest absolute Gasteiger partial charge is 0.320 e. The van der Waals surface area contributed by atoms with Crippen molar-refractivity contribution in [1.29, 1.82) is 0 Å². The van der Waals surface area contributed by atoms with Gasteiger partial charge in [-0.25, -0.2) is 4.79 Å². The molecule has 0 atom stereocenters. The molecule has 18 heavy (non-hydrogen) atoms. The van der Waals surface area contributed by atoms with Crippen LogP contribution < -0.4 is 0 Å². The number of hydrogen-bond donors (Lipinski definition) is 1. The summed E-state index contributed by atoms with van der Waals surface area (Å²) in [6, 6.07) is 0.207. The van der Waals surface area contributed by atoms with Crippen LogP contribution in [-0.2, 0) is 4.79 Å². The summed E-state index contributed by atoms with van der Waals surface area (Å²) in [5.74, 6) is -0.811. The molecule has 1 aliphatic rings. The number of urea groups is 1. The molecule has 0 saturated carbocycles. The van der Waals surface area contributed by atoms with Gasteiger partial charge in [-0.15, -0.1) is 0 Å². The van der Waals surface area contributed by atoms with Crippen LogP contribution in [-0.4, -0.2) is 77.6 Å². The van der Waals surface area contributed by atoms with Gasteiger partial charge in [-0.05, 0) is 20.3 Å². The van der Waals surface area contributed by atoms with Crippen molar-refractivity contribution >= 4 is 12.0 Å². The van der Waals surface area contributed by atoms with Crippen molar-refractivity contribution < 1.29 is 14.7 Å². The molecule has 1 rings (SSSR count). The molecule has 6 heteroatoms. The molecule has 6 nitrogen and oxygen atoms in total. The molecule has 2 amide bonds. The third-order valence-electron chi connectivity index (χ3n) is 3.29. The van der Waals surface area contributed by atoms with Gasteiger partial charge in [0, 0.05) is 39.3 Å². The van der Waals surface area contributed by atoms with Crippen LogP contribution in [0.1, 0.15) is 20.3 Å². The highest BCUT2D eigenvalue weighted by atomic mass is 16.4. The number of carboxylic acid groups (broad SMARTS) is 1. The highest BCUT2D eigenvalue weighted by molar-refractivity contribution is 5.74. The lowest BCUT2D eigenvalue weighted by Crippen LogP contribution is -2.45. The summed E-state index contributed by atoms with van der Waals surface area (Å²) in [5, 5.41) is 8.76. The van der Waals surface area contributed by atoms with Gasteiger partial charge in [-0.2, -0.15) is 0 Å². The van der Waals surface area contributed by atoms with Gasteiger partial charge in [0.15, 0.2) is 0 Å². The fraction of sp³-hybridized carbons (Fsp3) is 0.833. The fourth-order valence-corrected chi connectivity index (χ4v) is 1.96. The van der Waals surface area contributed by atoms with E-state index in [-0.39, 0.29) is 18.6 Å². The minimum Gasteiger partial charge on any atom is -0.480 e. The second kappa shape index (κ2) is 6.58. The lowest BCUT2D eigenvalue weighted by Gasteiger charge is -2.29. The average molecular weight is 257 g/mol. The van der Waals surface area contributed by atoms with Gasteiger partial charge in [0.25, 0.3) is 0 Å². The predicted molar refractivity (Wildman–Crippen MR) is 68.6 cm³/mol. The van der Waals surface area contributed by atoms with Crippen molar-refractivity contribution in [2.45, 2.75) is 26.3 Å². The Labute approximate surface area is 108 Å². The Hall–Kier alpha value is -1.30. The number of nitrogens with zero attached hydrogens (tertiary/aromatic N) is 3. The summed E-state index contributed by atoms with van der Waals surface area (Å²) >= 11 is 0. The van der Waals surface area contributed by atoms with Crippen LogP contribution in [0.25, 0.3) is 0 Å². The molecule has 0 aromatic rings. The van der Waals surface area contributed by atoms with Crippen molar-refractivity contribution in [2.24, 2.45) is 0 Å². The molecule has 1 saturated heterocycles. The molecule has 104 valence electrons. The van der Waals surface area contributed by atoms with Crippen LogP contribution in [0.15, 0.2) is 0 Å². The standard InChI is InChI=1S/C12H23N3O3/c1-10(2)13(3)12(18)15-6-4-5-14(7-8-15)9-11(16)17/h10H,4-9H2,1-3H3,(H,16,17). The minimum absolute atomic E-state index is 0.0298. The number of aliphatic carboxylic acids is 1. The molecule has 1 aliphatic heterocycles. The van der Waals surface area contributed by atoms with Gasteiger partial charge in [0.2, 0.25) is 0 Å². The van der Waals surface area contributed by atoms with Gasteiger partial charge in [0.1, 0.15) is 0 Å². The van der Waals surface area contributed by atoms with Gasteiger partial charge in [-0.3, -0.25) is 9.69 Å². The largest absolute Gasteiger partial charge is 0.480 e. The fourth-order valence-electron chi connectivity index (χ4n) is 1.96. The third-order valence-corrected chi connectivity index (χ3v) is 3.29. The first-order chi connectivity index (χ1) is 8.41. The van der Waals surface area contributed by atoms with Crippen LogP contribution in [0, 0.1) is 0 Å². The van der Waals surface area contributed by atoms with E-state index in [0.717, 1.165) is 13.0 Å². The first-order valence-corrected chi connectivity index (χ1v) is 6.37. The number of carbonyl (C=O) groups is 2. The second-order valence-electron chi connectivity index (χ2n) is 5.00. The van der Waals surface area contributed by atoms with Gasteiger partial charge < -0.3 is 14.9 Å². The van der Waals surface area contributed by atoms with Gasteiger partial charge in [0.05, 0.1) is 6.54 Å². The van der Waals surface area contributed by atoms with E-state index in [4.69, 9.17) is 5.11 Å². The topological polar surface area (TPSA) is 64.1 Å². The number of rotatable bonds is 3. The Balaban J connectivity index is 2.51. The van der Waals surface area contributed by atoms with E-state index in [2.05, 4.69) is 0 Å². The molecule has 0 radical (unpaired) electrons. The zero-order valence-corrected chi connectivity index (χ0v) is 11.4. The number of amides is 2. The van der Waals surface area contributed by atoms with E-state index >= 15 is 0 Å². The second-order valence-corrected chi connectivity index (χ2v) is 5.00. The average Bonchev–Trinajstić information content (AvgIpc) is 2.51. The molecule has 0 unspecified atom stereocenters. The van der Waals surface area contributed by atoms with Crippen LogP contribution >= 0.6 is 0 Å². The quantitative estimate of drug-likeness (QED) is 0.801. The Morgan fingerprint density at radius 2 is 1.89 bits per heavy atom. The number of hydrogen-bond acceptors (Lipinski definition) is 3. The third kappa shape index (κ3) is 4.18. The molecular formula is C12H23N3O3. The van der Waals surface area contributed by atoms with Crippen LogP contribution in [0.2, 0.25) is 0 Å². The summed E-state index contributed by atoms with van der Waals surface area (Å²) in [5.41, 5.74) is 0.